The number of nitrogens with one attached hydrogen (secondary N) is 1. The second-order valence-corrected chi connectivity index (χ2v) is 5.07. The van der Waals surface area contributed by atoms with Crippen LogP contribution in [-0.4, -0.2) is 33.9 Å². The molecule has 5 nitrogen and oxygen atoms in total. The van der Waals surface area contributed by atoms with E-state index < -0.39 is 6.04 Å². The molecule has 0 aromatic carbocycles. The zero-order valence-corrected chi connectivity index (χ0v) is 10.3. The summed E-state index contributed by atoms with van der Waals surface area (Å²) in [6.45, 7) is 6.32. The molecule has 16 heavy (non-hydrogen) atoms. The van der Waals surface area contributed by atoms with Crippen molar-refractivity contribution in [2.75, 3.05) is 7.05 Å². The highest BCUT2D eigenvalue weighted by Gasteiger charge is 2.29. The average molecular weight is 224 g/mol. The number of carbonyl (C=O) groups is 1. The third kappa shape index (κ3) is 3.06. The molecule has 1 heterocycles. The Morgan fingerprint density at radius 2 is 2.25 bits per heavy atom. The summed E-state index contributed by atoms with van der Waals surface area (Å²) in [5.41, 5.74) is 5.67. The fraction of sp³-hybridized carbons (Fsp3) is 0.636. The molecule has 0 aliphatic carbocycles. The molecule has 0 saturated carbocycles. The highest BCUT2D eigenvalue weighted by Crippen LogP contribution is 2.19. The van der Waals surface area contributed by atoms with E-state index in [1.807, 2.05) is 20.8 Å². The maximum Gasteiger partial charge on any atom is 0.240 e. The van der Waals surface area contributed by atoms with E-state index in [1.54, 1.807) is 24.3 Å². The van der Waals surface area contributed by atoms with Crippen LogP contribution in [0.3, 0.4) is 0 Å². The molecule has 0 bridgehead atoms. The summed E-state index contributed by atoms with van der Waals surface area (Å²) in [5, 5.41) is 0. The Balaban J connectivity index is 2.61. The first-order valence-electron chi connectivity index (χ1n) is 5.31. The molecule has 0 aliphatic rings. The van der Waals surface area contributed by atoms with Crippen molar-refractivity contribution in [3.63, 3.8) is 0 Å². The molecule has 0 radical (unpaired) electrons. The van der Waals surface area contributed by atoms with Crippen molar-refractivity contribution in [2.24, 2.45) is 11.1 Å². The number of hydrogen-bond acceptors (Lipinski definition) is 3. The first-order valence-corrected chi connectivity index (χ1v) is 5.31. The molecule has 1 aromatic rings. The molecule has 1 atom stereocenters. The number of likely N-dealkylation sites (N-methyl/N-ethyl adjacent to an activating group) is 1. The highest BCUT2D eigenvalue weighted by molar-refractivity contribution is 5.82. The topological polar surface area (TPSA) is 75.0 Å². The van der Waals surface area contributed by atoms with Gasteiger partial charge in [0.2, 0.25) is 5.91 Å². The van der Waals surface area contributed by atoms with Gasteiger partial charge in [-0.25, -0.2) is 4.98 Å². The molecule has 0 unspecified atom stereocenters. The Kier molecular flexibility index (Phi) is 3.70. The summed E-state index contributed by atoms with van der Waals surface area (Å²) in [6.07, 6.45) is 3.40. The first kappa shape index (κ1) is 12.7. The van der Waals surface area contributed by atoms with Crippen LogP contribution in [0.1, 0.15) is 26.6 Å². The summed E-state index contributed by atoms with van der Waals surface area (Å²) in [6, 6.07) is -0.493. The molecular weight excluding hydrogens is 204 g/mol. The summed E-state index contributed by atoms with van der Waals surface area (Å²) in [5.74, 6) is 0.695. The number of hydrogen-bond donors (Lipinski definition) is 2. The summed E-state index contributed by atoms with van der Waals surface area (Å²) in [7, 11) is 1.73. The van der Waals surface area contributed by atoms with Crippen LogP contribution >= 0.6 is 0 Å². The van der Waals surface area contributed by atoms with Gasteiger partial charge in [-0.1, -0.05) is 20.8 Å². The van der Waals surface area contributed by atoms with Gasteiger partial charge in [0, 0.05) is 19.4 Å². The lowest BCUT2D eigenvalue weighted by atomic mass is 9.86. The number of imidazole rings is 1. The van der Waals surface area contributed by atoms with Gasteiger partial charge in [-0.2, -0.15) is 0 Å². The Morgan fingerprint density at radius 3 is 2.69 bits per heavy atom. The van der Waals surface area contributed by atoms with E-state index in [9.17, 15) is 4.79 Å². The largest absolute Gasteiger partial charge is 0.347 e. The molecule has 1 amide bonds. The Morgan fingerprint density at radius 1 is 1.62 bits per heavy atom. The van der Waals surface area contributed by atoms with E-state index in [2.05, 4.69) is 9.97 Å². The maximum atomic E-state index is 12.0. The van der Waals surface area contributed by atoms with Crippen LogP contribution in [-0.2, 0) is 11.3 Å². The maximum absolute atomic E-state index is 12.0. The van der Waals surface area contributed by atoms with Crippen LogP contribution in [0.5, 0.6) is 0 Å². The molecule has 5 heteroatoms. The van der Waals surface area contributed by atoms with Crippen molar-refractivity contribution in [1.29, 1.82) is 0 Å². The van der Waals surface area contributed by atoms with Crippen molar-refractivity contribution in [3.05, 3.63) is 18.2 Å². The molecular formula is C11H20N4O. The van der Waals surface area contributed by atoms with E-state index >= 15 is 0 Å². The minimum Gasteiger partial charge on any atom is -0.347 e. The van der Waals surface area contributed by atoms with Gasteiger partial charge in [-0.15, -0.1) is 0 Å². The fourth-order valence-electron chi connectivity index (χ4n) is 1.29. The predicted molar refractivity (Wildman–Crippen MR) is 62.5 cm³/mol. The Labute approximate surface area is 96.0 Å². The van der Waals surface area contributed by atoms with Gasteiger partial charge in [0.25, 0.3) is 0 Å². The van der Waals surface area contributed by atoms with E-state index in [4.69, 9.17) is 5.73 Å². The average Bonchev–Trinajstić information content (AvgIpc) is 2.66. The van der Waals surface area contributed by atoms with E-state index in [-0.39, 0.29) is 11.3 Å². The van der Waals surface area contributed by atoms with E-state index in [0.29, 0.717) is 6.54 Å². The fourth-order valence-corrected chi connectivity index (χ4v) is 1.29. The van der Waals surface area contributed by atoms with E-state index in [0.717, 1.165) is 5.82 Å². The number of amides is 1. The normalized spacial score (nSPS) is 13.6. The third-order valence-electron chi connectivity index (χ3n) is 2.52. The second-order valence-electron chi connectivity index (χ2n) is 5.07. The quantitative estimate of drug-likeness (QED) is 0.795. The van der Waals surface area contributed by atoms with Crippen molar-refractivity contribution in [3.8, 4) is 0 Å². The number of nitrogens with two attached hydrogens (primary N) is 1. The predicted octanol–water partition coefficient (Wildman–Crippen LogP) is 0.741. The van der Waals surface area contributed by atoms with Crippen molar-refractivity contribution < 1.29 is 4.79 Å². The molecule has 1 rings (SSSR count). The van der Waals surface area contributed by atoms with Crippen LogP contribution in [0.2, 0.25) is 0 Å². The molecule has 3 N–H and O–H groups in total. The number of carbonyl (C=O) groups excluding carboxylic acids is 1. The molecule has 0 fully saturated rings. The van der Waals surface area contributed by atoms with Crippen LogP contribution in [0.15, 0.2) is 12.4 Å². The second kappa shape index (κ2) is 4.65. The van der Waals surface area contributed by atoms with Crippen LogP contribution in [0, 0.1) is 5.41 Å². The lowest BCUT2D eigenvalue weighted by molar-refractivity contribution is -0.134. The smallest absolute Gasteiger partial charge is 0.240 e. The molecule has 90 valence electrons. The minimum atomic E-state index is -0.493. The number of aromatic amines is 1. The zero-order valence-electron chi connectivity index (χ0n) is 10.3. The summed E-state index contributed by atoms with van der Waals surface area (Å²) >= 11 is 0. The summed E-state index contributed by atoms with van der Waals surface area (Å²) < 4.78 is 0. The molecule has 0 spiro atoms. The van der Waals surface area contributed by atoms with Gasteiger partial charge in [-0.3, -0.25) is 4.79 Å². The van der Waals surface area contributed by atoms with Gasteiger partial charge in [0.15, 0.2) is 0 Å². The van der Waals surface area contributed by atoms with Crippen LogP contribution in [0.25, 0.3) is 0 Å². The number of nitrogens with zero attached hydrogens (tertiary/aromatic N) is 2. The number of H-pyrrole nitrogens is 1. The van der Waals surface area contributed by atoms with Crippen molar-refractivity contribution >= 4 is 5.91 Å². The Bertz CT molecular complexity index is 339. The standard InChI is InChI=1S/C11H20N4O/c1-11(2,3)9(12)10(16)15(4)7-8-13-5-6-14-8/h5-6,9H,7,12H2,1-4H3,(H,13,14)/t9-/m1/s1. The first-order chi connectivity index (χ1) is 7.32. The van der Waals surface area contributed by atoms with E-state index in [1.165, 1.54) is 0 Å². The lowest BCUT2D eigenvalue weighted by Crippen LogP contribution is -2.49. The van der Waals surface area contributed by atoms with Crippen molar-refractivity contribution in [1.82, 2.24) is 14.9 Å². The Hall–Kier alpha value is -1.36. The van der Waals surface area contributed by atoms with Gasteiger partial charge in [0.05, 0.1) is 12.6 Å². The van der Waals surface area contributed by atoms with Crippen LogP contribution in [0.4, 0.5) is 0 Å². The van der Waals surface area contributed by atoms with Gasteiger partial charge in [0.1, 0.15) is 5.82 Å². The minimum absolute atomic E-state index is 0.0658. The zero-order chi connectivity index (χ0) is 12.3. The van der Waals surface area contributed by atoms with Gasteiger partial charge < -0.3 is 15.6 Å². The number of rotatable bonds is 3. The monoisotopic (exact) mass is 224 g/mol. The lowest BCUT2D eigenvalue weighted by Gasteiger charge is -2.29. The molecule has 0 aliphatic heterocycles. The SMILES string of the molecule is CN(Cc1ncc[nH]1)C(=O)[C@@H](N)C(C)(C)C. The summed E-state index contributed by atoms with van der Waals surface area (Å²) in [4.78, 5) is 20.6. The van der Waals surface area contributed by atoms with Crippen molar-refractivity contribution in [2.45, 2.75) is 33.4 Å². The molecule has 0 saturated heterocycles. The van der Waals surface area contributed by atoms with Gasteiger partial charge in [-0.05, 0) is 5.41 Å². The molecule has 1 aromatic heterocycles. The third-order valence-corrected chi connectivity index (χ3v) is 2.52. The van der Waals surface area contributed by atoms with Crippen LogP contribution < -0.4 is 5.73 Å². The highest BCUT2D eigenvalue weighted by atomic mass is 16.2. The van der Waals surface area contributed by atoms with Gasteiger partial charge >= 0.3 is 0 Å². The number of aromatic nitrogens is 2.